The van der Waals surface area contributed by atoms with Crippen LogP contribution in [0.1, 0.15) is 47.0 Å². The monoisotopic (exact) mass is 256 g/mol. The molecule has 2 atom stereocenters. The van der Waals surface area contributed by atoms with E-state index in [1.54, 1.807) is 0 Å². The molecular weight excluding hydrogens is 224 g/mol. The summed E-state index contributed by atoms with van der Waals surface area (Å²) in [6.45, 7) is 15.6. The molecule has 0 spiro atoms. The van der Waals surface area contributed by atoms with Gasteiger partial charge in [-0.15, -0.1) is 0 Å². The van der Waals surface area contributed by atoms with Crippen molar-refractivity contribution in [3.05, 3.63) is 0 Å². The highest BCUT2D eigenvalue weighted by Gasteiger charge is 2.29. The second-order valence-corrected chi connectivity index (χ2v) is 5.95. The van der Waals surface area contributed by atoms with E-state index in [1.165, 1.54) is 25.8 Å². The average Bonchev–Trinajstić information content (AvgIpc) is 2.40. The molecule has 1 aliphatic heterocycles. The van der Waals surface area contributed by atoms with Gasteiger partial charge in [-0.05, 0) is 31.2 Å². The van der Waals surface area contributed by atoms with Crippen LogP contribution in [-0.2, 0) is 4.74 Å². The van der Waals surface area contributed by atoms with Crippen molar-refractivity contribution in [1.29, 1.82) is 0 Å². The lowest BCUT2D eigenvalue weighted by Crippen LogP contribution is -2.51. The number of ether oxygens (including phenoxy) is 1. The first-order chi connectivity index (χ1) is 8.65. The van der Waals surface area contributed by atoms with Gasteiger partial charge in [0.05, 0.1) is 13.2 Å². The largest absolute Gasteiger partial charge is 0.378 e. The third kappa shape index (κ3) is 4.87. The lowest BCUT2D eigenvalue weighted by Gasteiger charge is -2.41. The van der Waals surface area contributed by atoms with E-state index in [0.29, 0.717) is 11.5 Å². The van der Waals surface area contributed by atoms with Gasteiger partial charge >= 0.3 is 0 Å². The van der Waals surface area contributed by atoms with Crippen molar-refractivity contribution in [2.24, 2.45) is 5.41 Å². The fraction of sp³-hybridized carbons (Fsp3) is 1.00. The molecule has 0 bridgehead atoms. The standard InChI is InChI=1S/C15H32N2O/c1-5-8-16-12-15(4,7-3)13-17-9-10-18-11-14(17)6-2/h14,16H,5-13H2,1-4H3. The van der Waals surface area contributed by atoms with Crippen molar-refractivity contribution in [2.45, 2.75) is 53.0 Å². The molecule has 1 aliphatic rings. The van der Waals surface area contributed by atoms with Crippen LogP contribution in [0.5, 0.6) is 0 Å². The summed E-state index contributed by atoms with van der Waals surface area (Å²) < 4.78 is 5.59. The second-order valence-electron chi connectivity index (χ2n) is 5.95. The van der Waals surface area contributed by atoms with Crippen molar-refractivity contribution < 1.29 is 4.74 Å². The average molecular weight is 256 g/mol. The number of hydrogen-bond acceptors (Lipinski definition) is 3. The van der Waals surface area contributed by atoms with E-state index in [1.807, 2.05) is 0 Å². The van der Waals surface area contributed by atoms with Gasteiger partial charge in [0.2, 0.25) is 0 Å². The highest BCUT2D eigenvalue weighted by Crippen LogP contribution is 2.24. The minimum absolute atomic E-state index is 0.389. The fourth-order valence-corrected chi connectivity index (χ4v) is 2.62. The van der Waals surface area contributed by atoms with Gasteiger partial charge in [0, 0.05) is 25.7 Å². The first-order valence-corrected chi connectivity index (χ1v) is 7.67. The van der Waals surface area contributed by atoms with Gasteiger partial charge in [0.1, 0.15) is 0 Å². The topological polar surface area (TPSA) is 24.5 Å². The molecule has 1 heterocycles. The van der Waals surface area contributed by atoms with E-state index in [4.69, 9.17) is 4.74 Å². The predicted octanol–water partition coefficient (Wildman–Crippen LogP) is 2.51. The first kappa shape index (κ1) is 15.9. The van der Waals surface area contributed by atoms with E-state index in [9.17, 15) is 0 Å². The second kappa shape index (κ2) is 8.13. The molecule has 2 unspecified atom stereocenters. The van der Waals surface area contributed by atoms with Crippen LogP contribution in [0.3, 0.4) is 0 Å². The molecule has 0 radical (unpaired) electrons. The number of nitrogens with one attached hydrogen (secondary N) is 1. The molecule has 3 heteroatoms. The maximum absolute atomic E-state index is 5.59. The summed E-state index contributed by atoms with van der Waals surface area (Å²) in [5.74, 6) is 0. The van der Waals surface area contributed by atoms with E-state index in [0.717, 1.165) is 32.8 Å². The molecular formula is C15H32N2O. The van der Waals surface area contributed by atoms with Gasteiger partial charge in [0.15, 0.2) is 0 Å². The molecule has 1 fully saturated rings. The zero-order chi connectivity index (χ0) is 13.4. The van der Waals surface area contributed by atoms with Gasteiger partial charge in [-0.1, -0.05) is 27.7 Å². The third-order valence-corrected chi connectivity index (χ3v) is 4.24. The van der Waals surface area contributed by atoms with Crippen LogP contribution in [0.2, 0.25) is 0 Å². The lowest BCUT2D eigenvalue weighted by molar-refractivity contribution is -0.0263. The van der Waals surface area contributed by atoms with Crippen molar-refractivity contribution in [2.75, 3.05) is 39.4 Å². The molecule has 18 heavy (non-hydrogen) atoms. The van der Waals surface area contributed by atoms with Crippen LogP contribution >= 0.6 is 0 Å². The molecule has 0 saturated carbocycles. The molecule has 1 saturated heterocycles. The van der Waals surface area contributed by atoms with Crippen LogP contribution in [0.4, 0.5) is 0 Å². The Bertz CT molecular complexity index is 223. The van der Waals surface area contributed by atoms with Gasteiger partial charge in [-0.2, -0.15) is 0 Å². The Kier molecular flexibility index (Phi) is 7.20. The van der Waals surface area contributed by atoms with Crippen LogP contribution in [0.15, 0.2) is 0 Å². The van der Waals surface area contributed by atoms with Crippen molar-refractivity contribution in [1.82, 2.24) is 10.2 Å². The summed E-state index contributed by atoms with van der Waals surface area (Å²) in [6.07, 6.45) is 3.65. The fourth-order valence-electron chi connectivity index (χ4n) is 2.62. The van der Waals surface area contributed by atoms with Gasteiger partial charge < -0.3 is 10.1 Å². The molecule has 0 amide bonds. The molecule has 1 N–H and O–H groups in total. The van der Waals surface area contributed by atoms with Crippen LogP contribution in [-0.4, -0.2) is 50.3 Å². The zero-order valence-electron chi connectivity index (χ0n) is 12.8. The zero-order valence-corrected chi connectivity index (χ0v) is 12.8. The highest BCUT2D eigenvalue weighted by molar-refractivity contribution is 4.84. The first-order valence-electron chi connectivity index (χ1n) is 7.67. The lowest BCUT2D eigenvalue weighted by atomic mass is 9.86. The number of morpholine rings is 1. The highest BCUT2D eigenvalue weighted by atomic mass is 16.5. The normalized spacial score (nSPS) is 25.0. The number of rotatable bonds is 8. The van der Waals surface area contributed by atoms with E-state index >= 15 is 0 Å². The number of nitrogens with zero attached hydrogens (tertiary/aromatic N) is 1. The number of hydrogen-bond donors (Lipinski definition) is 1. The molecule has 108 valence electrons. The van der Waals surface area contributed by atoms with E-state index < -0.39 is 0 Å². The van der Waals surface area contributed by atoms with Crippen LogP contribution in [0.25, 0.3) is 0 Å². The Morgan fingerprint density at radius 3 is 2.72 bits per heavy atom. The smallest absolute Gasteiger partial charge is 0.0622 e. The van der Waals surface area contributed by atoms with Crippen molar-refractivity contribution in [3.8, 4) is 0 Å². The van der Waals surface area contributed by atoms with E-state index in [2.05, 4.69) is 37.9 Å². The Labute approximate surface area is 113 Å². The summed E-state index contributed by atoms with van der Waals surface area (Å²) in [5.41, 5.74) is 0.389. The predicted molar refractivity (Wildman–Crippen MR) is 78.0 cm³/mol. The van der Waals surface area contributed by atoms with Crippen LogP contribution < -0.4 is 5.32 Å². The Morgan fingerprint density at radius 2 is 2.11 bits per heavy atom. The minimum atomic E-state index is 0.389. The van der Waals surface area contributed by atoms with Gasteiger partial charge in [0.25, 0.3) is 0 Å². The minimum Gasteiger partial charge on any atom is -0.378 e. The summed E-state index contributed by atoms with van der Waals surface area (Å²) in [7, 11) is 0. The van der Waals surface area contributed by atoms with Crippen molar-refractivity contribution >= 4 is 0 Å². The van der Waals surface area contributed by atoms with Gasteiger partial charge in [-0.3, -0.25) is 4.90 Å². The van der Waals surface area contributed by atoms with Crippen LogP contribution in [0, 0.1) is 5.41 Å². The Morgan fingerprint density at radius 1 is 1.33 bits per heavy atom. The molecule has 1 rings (SSSR count). The SMILES string of the molecule is CCCNCC(C)(CC)CN1CCOCC1CC. The third-order valence-electron chi connectivity index (χ3n) is 4.24. The maximum Gasteiger partial charge on any atom is 0.0622 e. The quantitative estimate of drug-likeness (QED) is 0.675. The molecule has 3 nitrogen and oxygen atoms in total. The summed E-state index contributed by atoms with van der Waals surface area (Å²) in [4.78, 5) is 2.64. The van der Waals surface area contributed by atoms with Gasteiger partial charge in [-0.25, -0.2) is 0 Å². The Hall–Kier alpha value is -0.120. The summed E-state index contributed by atoms with van der Waals surface area (Å²) >= 11 is 0. The molecule has 0 aliphatic carbocycles. The molecule has 0 aromatic heterocycles. The maximum atomic E-state index is 5.59. The van der Waals surface area contributed by atoms with Crippen molar-refractivity contribution in [3.63, 3.8) is 0 Å². The summed E-state index contributed by atoms with van der Waals surface area (Å²) in [5, 5.41) is 3.59. The molecule has 0 aromatic carbocycles. The summed E-state index contributed by atoms with van der Waals surface area (Å²) in [6, 6.07) is 0.621. The van der Waals surface area contributed by atoms with E-state index in [-0.39, 0.29) is 0 Å². The molecule has 0 aromatic rings. The Balaban J connectivity index is 2.48.